The Kier molecular flexibility index (Phi) is 7.03. The van der Waals surface area contributed by atoms with Crippen LogP contribution in [0.2, 0.25) is 0 Å². The molecule has 0 aliphatic carbocycles. The Labute approximate surface area is 162 Å². The standard InChI is InChI=1S/C20H22N2O2S2/c1-24-18-9-5-3-6-15(18)10-11-21-19(23)17-8-4-2-7-16(17)14-26-20-22-12-13-25-20/h2-9H,10-14H2,1H3,(H,21,23). The first-order valence-electron chi connectivity index (χ1n) is 8.56. The summed E-state index contributed by atoms with van der Waals surface area (Å²) in [5, 5.41) is 3.03. The lowest BCUT2D eigenvalue weighted by molar-refractivity contribution is 0.0953. The van der Waals surface area contributed by atoms with E-state index in [0.717, 1.165) is 51.3 Å². The molecular formula is C20H22N2O2S2. The molecule has 0 saturated carbocycles. The van der Waals surface area contributed by atoms with Gasteiger partial charge in [0.05, 0.1) is 13.7 Å². The lowest BCUT2D eigenvalue weighted by Gasteiger charge is -2.11. The van der Waals surface area contributed by atoms with Crippen LogP contribution >= 0.6 is 23.5 Å². The number of nitrogens with one attached hydrogen (secondary N) is 1. The predicted octanol–water partition coefficient (Wildman–Crippen LogP) is 4.00. The number of aliphatic imine (C=N–C) groups is 1. The molecule has 1 aliphatic rings. The first kappa shape index (κ1) is 18.9. The number of benzene rings is 2. The van der Waals surface area contributed by atoms with Crippen molar-refractivity contribution in [3.05, 3.63) is 65.2 Å². The van der Waals surface area contributed by atoms with Gasteiger partial charge in [0, 0.05) is 23.6 Å². The van der Waals surface area contributed by atoms with Crippen LogP contribution in [0, 0.1) is 0 Å². The van der Waals surface area contributed by atoms with Crippen molar-refractivity contribution < 1.29 is 9.53 Å². The number of methoxy groups -OCH3 is 1. The summed E-state index contributed by atoms with van der Waals surface area (Å²) in [5.74, 6) is 2.65. The number of hydrogen-bond acceptors (Lipinski definition) is 5. The molecule has 2 aromatic carbocycles. The highest BCUT2D eigenvalue weighted by Crippen LogP contribution is 2.26. The molecular weight excluding hydrogens is 364 g/mol. The second kappa shape index (κ2) is 9.69. The Morgan fingerprint density at radius 3 is 2.73 bits per heavy atom. The third-order valence-corrected chi connectivity index (χ3v) is 6.34. The lowest BCUT2D eigenvalue weighted by atomic mass is 10.1. The van der Waals surface area contributed by atoms with Crippen molar-refractivity contribution in [3.63, 3.8) is 0 Å². The van der Waals surface area contributed by atoms with Gasteiger partial charge in [-0.2, -0.15) is 0 Å². The number of rotatable bonds is 7. The number of thioether (sulfide) groups is 2. The molecule has 1 aliphatic heterocycles. The van der Waals surface area contributed by atoms with Crippen molar-refractivity contribution >= 4 is 33.8 Å². The number of amides is 1. The van der Waals surface area contributed by atoms with Crippen LogP contribution in [0.4, 0.5) is 0 Å². The molecule has 136 valence electrons. The molecule has 1 N–H and O–H groups in total. The zero-order valence-electron chi connectivity index (χ0n) is 14.7. The normalized spacial score (nSPS) is 13.3. The molecule has 0 atom stereocenters. The Hall–Kier alpha value is -1.92. The molecule has 0 saturated heterocycles. The average Bonchev–Trinajstić information content (AvgIpc) is 3.20. The first-order chi connectivity index (χ1) is 12.8. The number of ether oxygens (including phenoxy) is 1. The van der Waals surface area contributed by atoms with Gasteiger partial charge in [-0.1, -0.05) is 59.9 Å². The van der Waals surface area contributed by atoms with Gasteiger partial charge in [-0.15, -0.1) is 0 Å². The Morgan fingerprint density at radius 1 is 1.19 bits per heavy atom. The van der Waals surface area contributed by atoms with Gasteiger partial charge in [-0.05, 0) is 29.7 Å². The molecule has 1 amide bonds. The van der Waals surface area contributed by atoms with Crippen molar-refractivity contribution in [2.75, 3.05) is 26.0 Å². The quantitative estimate of drug-likeness (QED) is 0.781. The number of para-hydroxylation sites is 1. The zero-order valence-corrected chi connectivity index (χ0v) is 16.4. The van der Waals surface area contributed by atoms with Crippen molar-refractivity contribution in [1.29, 1.82) is 0 Å². The van der Waals surface area contributed by atoms with Crippen LogP contribution in [0.25, 0.3) is 0 Å². The second-order valence-corrected chi connectivity index (χ2v) is 8.07. The van der Waals surface area contributed by atoms with Gasteiger partial charge < -0.3 is 10.1 Å². The van der Waals surface area contributed by atoms with Gasteiger partial charge >= 0.3 is 0 Å². The molecule has 1 heterocycles. The minimum absolute atomic E-state index is 0.0305. The molecule has 2 aromatic rings. The SMILES string of the molecule is COc1ccccc1CCNC(=O)c1ccccc1CSC1=NCCS1. The van der Waals surface area contributed by atoms with Gasteiger partial charge in [0.2, 0.25) is 0 Å². The highest BCUT2D eigenvalue weighted by Gasteiger charge is 2.13. The van der Waals surface area contributed by atoms with E-state index in [1.165, 1.54) is 0 Å². The van der Waals surface area contributed by atoms with Crippen LogP contribution in [0.1, 0.15) is 21.5 Å². The summed E-state index contributed by atoms with van der Waals surface area (Å²) in [6.07, 6.45) is 0.736. The smallest absolute Gasteiger partial charge is 0.251 e. The van der Waals surface area contributed by atoms with Gasteiger partial charge in [0.1, 0.15) is 10.1 Å². The third kappa shape index (κ3) is 5.05. The molecule has 4 nitrogen and oxygen atoms in total. The fourth-order valence-electron chi connectivity index (χ4n) is 2.73. The number of carbonyl (C=O) groups is 1. The predicted molar refractivity (Wildman–Crippen MR) is 112 cm³/mol. The van der Waals surface area contributed by atoms with E-state index in [9.17, 15) is 4.79 Å². The van der Waals surface area contributed by atoms with Crippen molar-refractivity contribution in [2.24, 2.45) is 4.99 Å². The van der Waals surface area contributed by atoms with E-state index in [0.29, 0.717) is 6.54 Å². The highest BCUT2D eigenvalue weighted by atomic mass is 32.2. The number of hydrogen-bond donors (Lipinski definition) is 1. The van der Waals surface area contributed by atoms with E-state index >= 15 is 0 Å². The number of nitrogens with zero attached hydrogens (tertiary/aromatic N) is 1. The molecule has 6 heteroatoms. The maximum atomic E-state index is 12.6. The van der Waals surface area contributed by atoms with Gasteiger partial charge in [0.15, 0.2) is 0 Å². The van der Waals surface area contributed by atoms with Crippen molar-refractivity contribution in [1.82, 2.24) is 5.32 Å². The third-order valence-electron chi connectivity index (χ3n) is 4.04. The Bertz CT molecular complexity index is 793. The molecule has 0 bridgehead atoms. The van der Waals surface area contributed by atoms with Crippen LogP contribution in [0.3, 0.4) is 0 Å². The van der Waals surface area contributed by atoms with E-state index in [4.69, 9.17) is 4.74 Å². The molecule has 0 spiro atoms. The Morgan fingerprint density at radius 2 is 1.96 bits per heavy atom. The van der Waals surface area contributed by atoms with Gasteiger partial charge in [-0.25, -0.2) is 0 Å². The summed E-state index contributed by atoms with van der Waals surface area (Å²) < 4.78 is 6.48. The first-order valence-corrected chi connectivity index (χ1v) is 10.5. The van der Waals surface area contributed by atoms with E-state index in [-0.39, 0.29) is 5.91 Å². The maximum Gasteiger partial charge on any atom is 0.251 e. The monoisotopic (exact) mass is 386 g/mol. The minimum atomic E-state index is -0.0305. The topological polar surface area (TPSA) is 50.7 Å². The fourth-order valence-corrected chi connectivity index (χ4v) is 4.74. The highest BCUT2D eigenvalue weighted by molar-refractivity contribution is 8.38. The van der Waals surface area contributed by atoms with E-state index < -0.39 is 0 Å². The summed E-state index contributed by atoms with van der Waals surface area (Å²) in [6, 6.07) is 15.7. The fraction of sp³-hybridized carbons (Fsp3) is 0.300. The summed E-state index contributed by atoms with van der Waals surface area (Å²) in [5.41, 5.74) is 2.88. The summed E-state index contributed by atoms with van der Waals surface area (Å²) in [7, 11) is 1.66. The average molecular weight is 387 g/mol. The summed E-state index contributed by atoms with van der Waals surface area (Å²) >= 11 is 3.50. The summed E-state index contributed by atoms with van der Waals surface area (Å²) in [4.78, 5) is 17.1. The van der Waals surface area contributed by atoms with Crippen molar-refractivity contribution in [3.8, 4) is 5.75 Å². The van der Waals surface area contributed by atoms with E-state index in [1.54, 1.807) is 30.6 Å². The van der Waals surface area contributed by atoms with Crippen LogP contribution in [0.5, 0.6) is 5.75 Å². The number of carbonyl (C=O) groups excluding carboxylic acids is 1. The molecule has 3 rings (SSSR count). The minimum Gasteiger partial charge on any atom is -0.496 e. The van der Waals surface area contributed by atoms with Crippen LogP contribution in [-0.4, -0.2) is 36.2 Å². The van der Waals surface area contributed by atoms with Crippen LogP contribution in [0.15, 0.2) is 53.5 Å². The molecule has 0 unspecified atom stereocenters. The largest absolute Gasteiger partial charge is 0.496 e. The van der Waals surface area contributed by atoms with Crippen LogP contribution < -0.4 is 10.1 Å². The maximum absolute atomic E-state index is 12.6. The molecule has 26 heavy (non-hydrogen) atoms. The van der Waals surface area contributed by atoms with Crippen LogP contribution in [-0.2, 0) is 12.2 Å². The molecule has 0 radical (unpaired) electrons. The van der Waals surface area contributed by atoms with E-state index in [2.05, 4.69) is 10.3 Å². The summed E-state index contributed by atoms with van der Waals surface area (Å²) in [6.45, 7) is 1.47. The Balaban J connectivity index is 1.57. The molecule has 0 aromatic heterocycles. The zero-order chi connectivity index (χ0) is 18.2. The molecule has 0 fully saturated rings. The van der Waals surface area contributed by atoms with E-state index in [1.807, 2.05) is 48.5 Å². The van der Waals surface area contributed by atoms with Crippen molar-refractivity contribution in [2.45, 2.75) is 12.2 Å². The second-order valence-electron chi connectivity index (χ2n) is 5.76. The van der Waals surface area contributed by atoms with Gasteiger partial charge in [-0.3, -0.25) is 9.79 Å². The van der Waals surface area contributed by atoms with Gasteiger partial charge in [0.25, 0.3) is 5.91 Å². The lowest BCUT2D eigenvalue weighted by Crippen LogP contribution is -2.26.